The maximum absolute atomic E-state index is 12.1. The number of carbonyl (C=O) groups excluding carboxylic acids is 1. The molecular weight excluding hydrogens is 342 g/mol. The zero-order chi connectivity index (χ0) is 19.0. The number of Topliss-reactive ketones (excluding diaryl/α,β-unsaturated/α-hetero) is 1. The molecule has 0 unspecified atom stereocenters. The SMILES string of the molecule is CC1CCN(c2ccc(C3=NCC(=O)c4ccccc43)cc2[N+](=O)[O-])CC1. The number of carbonyl (C=O) groups is 1. The van der Waals surface area contributed by atoms with Gasteiger partial charge in [0.25, 0.3) is 5.69 Å². The second-order valence-electron chi connectivity index (χ2n) is 7.26. The molecule has 2 aliphatic heterocycles. The molecule has 2 aromatic rings. The van der Waals surface area contributed by atoms with E-state index in [1.165, 1.54) is 0 Å². The van der Waals surface area contributed by atoms with E-state index in [0.717, 1.165) is 31.5 Å². The molecule has 27 heavy (non-hydrogen) atoms. The van der Waals surface area contributed by atoms with E-state index in [1.54, 1.807) is 12.1 Å². The third kappa shape index (κ3) is 3.23. The predicted molar refractivity (Wildman–Crippen MR) is 105 cm³/mol. The summed E-state index contributed by atoms with van der Waals surface area (Å²) in [4.78, 5) is 30.0. The Labute approximate surface area is 157 Å². The number of benzene rings is 2. The summed E-state index contributed by atoms with van der Waals surface area (Å²) in [6.45, 7) is 3.96. The molecule has 138 valence electrons. The Morgan fingerprint density at radius 2 is 1.81 bits per heavy atom. The molecule has 1 saturated heterocycles. The van der Waals surface area contributed by atoms with Gasteiger partial charge in [0.05, 0.1) is 10.6 Å². The summed E-state index contributed by atoms with van der Waals surface area (Å²) < 4.78 is 0. The van der Waals surface area contributed by atoms with Gasteiger partial charge in [0, 0.05) is 35.8 Å². The van der Waals surface area contributed by atoms with Crippen molar-refractivity contribution in [2.24, 2.45) is 10.9 Å². The Balaban J connectivity index is 1.74. The third-order valence-electron chi connectivity index (χ3n) is 5.43. The lowest BCUT2D eigenvalue weighted by Crippen LogP contribution is -2.33. The van der Waals surface area contributed by atoms with Crippen LogP contribution in [-0.4, -0.2) is 36.1 Å². The Kier molecular flexibility index (Phi) is 4.48. The van der Waals surface area contributed by atoms with Crippen LogP contribution in [0.15, 0.2) is 47.5 Å². The van der Waals surface area contributed by atoms with Gasteiger partial charge in [-0.25, -0.2) is 0 Å². The molecule has 0 amide bonds. The van der Waals surface area contributed by atoms with Crippen LogP contribution in [0.4, 0.5) is 11.4 Å². The van der Waals surface area contributed by atoms with E-state index in [4.69, 9.17) is 0 Å². The van der Waals surface area contributed by atoms with Crippen molar-refractivity contribution in [1.29, 1.82) is 0 Å². The highest BCUT2D eigenvalue weighted by atomic mass is 16.6. The molecule has 0 bridgehead atoms. The lowest BCUT2D eigenvalue weighted by Gasteiger charge is -2.31. The standard InChI is InChI=1S/C21H21N3O3/c1-14-8-10-23(11-9-14)18-7-6-15(12-19(18)24(26)27)21-17-5-3-2-4-16(17)20(25)13-22-21/h2-7,12,14H,8-11,13H2,1H3. The average molecular weight is 363 g/mol. The van der Waals surface area contributed by atoms with Crippen molar-refractivity contribution < 1.29 is 9.72 Å². The maximum atomic E-state index is 12.1. The molecule has 0 spiro atoms. The molecule has 0 radical (unpaired) electrons. The van der Waals surface area contributed by atoms with Crippen LogP contribution in [0.5, 0.6) is 0 Å². The van der Waals surface area contributed by atoms with E-state index in [0.29, 0.717) is 28.4 Å². The number of hydrogen-bond donors (Lipinski definition) is 0. The van der Waals surface area contributed by atoms with Crippen LogP contribution >= 0.6 is 0 Å². The first-order valence-electron chi connectivity index (χ1n) is 9.25. The van der Waals surface area contributed by atoms with Crippen LogP contribution in [0.3, 0.4) is 0 Å². The molecule has 0 atom stereocenters. The largest absolute Gasteiger partial charge is 0.366 e. The van der Waals surface area contributed by atoms with Crippen LogP contribution in [0, 0.1) is 16.0 Å². The minimum absolute atomic E-state index is 0.0251. The zero-order valence-electron chi connectivity index (χ0n) is 15.2. The first-order valence-corrected chi connectivity index (χ1v) is 9.25. The summed E-state index contributed by atoms with van der Waals surface area (Å²) >= 11 is 0. The van der Waals surface area contributed by atoms with Crippen LogP contribution in [0.1, 0.15) is 41.3 Å². The fraction of sp³-hybridized carbons (Fsp3) is 0.333. The lowest BCUT2D eigenvalue weighted by molar-refractivity contribution is -0.384. The first kappa shape index (κ1) is 17.4. The summed E-state index contributed by atoms with van der Waals surface area (Å²) in [6.07, 6.45) is 2.09. The monoisotopic (exact) mass is 363 g/mol. The number of rotatable bonds is 3. The molecule has 0 saturated carbocycles. The number of nitrogens with zero attached hydrogens (tertiary/aromatic N) is 3. The minimum atomic E-state index is -0.322. The van der Waals surface area contributed by atoms with Gasteiger partial charge in [-0.2, -0.15) is 0 Å². The summed E-state index contributed by atoms with van der Waals surface area (Å²) in [5.41, 5.74) is 3.44. The second kappa shape index (κ2) is 6.95. The summed E-state index contributed by atoms with van der Waals surface area (Å²) in [5.74, 6) is 0.633. The average Bonchev–Trinajstić information content (AvgIpc) is 2.69. The number of ketones is 1. The predicted octanol–water partition coefficient (Wildman–Crippen LogP) is 3.86. The van der Waals surface area contributed by atoms with Gasteiger partial charge in [0.1, 0.15) is 12.2 Å². The van der Waals surface area contributed by atoms with Crippen LogP contribution in [-0.2, 0) is 0 Å². The summed E-state index contributed by atoms with van der Waals surface area (Å²) in [5, 5.41) is 11.7. The van der Waals surface area contributed by atoms with E-state index in [-0.39, 0.29) is 22.9 Å². The van der Waals surface area contributed by atoms with Crippen molar-refractivity contribution in [2.45, 2.75) is 19.8 Å². The molecular formula is C21H21N3O3. The Morgan fingerprint density at radius 1 is 1.11 bits per heavy atom. The van der Waals surface area contributed by atoms with Gasteiger partial charge in [0.15, 0.2) is 5.78 Å². The molecule has 0 N–H and O–H groups in total. The normalized spacial score (nSPS) is 17.4. The van der Waals surface area contributed by atoms with E-state index < -0.39 is 0 Å². The van der Waals surface area contributed by atoms with Gasteiger partial charge in [-0.15, -0.1) is 0 Å². The number of fused-ring (bicyclic) bond motifs is 1. The molecule has 6 nitrogen and oxygen atoms in total. The van der Waals surface area contributed by atoms with Crippen LogP contribution < -0.4 is 4.90 Å². The van der Waals surface area contributed by atoms with E-state index in [2.05, 4.69) is 16.8 Å². The van der Waals surface area contributed by atoms with E-state index >= 15 is 0 Å². The van der Waals surface area contributed by atoms with Gasteiger partial charge in [-0.3, -0.25) is 19.9 Å². The van der Waals surface area contributed by atoms with Crippen molar-refractivity contribution >= 4 is 22.9 Å². The van der Waals surface area contributed by atoms with E-state index in [1.807, 2.05) is 30.3 Å². The highest BCUT2D eigenvalue weighted by molar-refractivity contribution is 6.22. The molecule has 0 aliphatic carbocycles. The molecule has 4 rings (SSSR count). The molecule has 0 aromatic heterocycles. The summed E-state index contributed by atoms with van der Waals surface area (Å²) in [6, 6.07) is 12.6. The van der Waals surface area contributed by atoms with Crippen molar-refractivity contribution in [2.75, 3.05) is 24.5 Å². The topological polar surface area (TPSA) is 75.8 Å². The fourth-order valence-electron chi connectivity index (χ4n) is 3.83. The van der Waals surface area contributed by atoms with Gasteiger partial charge < -0.3 is 4.90 Å². The smallest absolute Gasteiger partial charge is 0.293 e. The molecule has 6 heteroatoms. The van der Waals surface area contributed by atoms with Crippen molar-refractivity contribution in [3.8, 4) is 0 Å². The van der Waals surface area contributed by atoms with Crippen molar-refractivity contribution in [3.05, 3.63) is 69.3 Å². The number of nitro benzene ring substituents is 1. The third-order valence-corrected chi connectivity index (χ3v) is 5.43. The number of nitro groups is 1. The Bertz CT molecular complexity index is 943. The highest BCUT2D eigenvalue weighted by Gasteiger charge is 2.26. The van der Waals surface area contributed by atoms with Gasteiger partial charge in [-0.05, 0) is 24.8 Å². The fourth-order valence-corrected chi connectivity index (χ4v) is 3.83. The number of aliphatic imine (C=N–C) groups is 1. The molecule has 2 heterocycles. The summed E-state index contributed by atoms with van der Waals surface area (Å²) in [7, 11) is 0. The van der Waals surface area contributed by atoms with Crippen LogP contribution in [0.2, 0.25) is 0 Å². The molecule has 2 aliphatic rings. The zero-order valence-corrected chi connectivity index (χ0v) is 15.2. The van der Waals surface area contributed by atoms with Gasteiger partial charge >= 0.3 is 0 Å². The first-order chi connectivity index (χ1) is 13.0. The van der Waals surface area contributed by atoms with Gasteiger partial charge in [0.2, 0.25) is 0 Å². The molecule has 1 fully saturated rings. The Hall–Kier alpha value is -3.02. The highest BCUT2D eigenvalue weighted by Crippen LogP contribution is 2.33. The van der Waals surface area contributed by atoms with E-state index in [9.17, 15) is 14.9 Å². The molecule has 2 aromatic carbocycles. The number of anilines is 1. The van der Waals surface area contributed by atoms with Crippen molar-refractivity contribution in [1.82, 2.24) is 0 Å². The maximum Gasteiger partial charge on any atom is 0.293 e. The minimum Gasteiger partial charge on any atom is -0.366 e. The van der Waals surface area contributed by atoms with Gasteiger partial charge in [-0.1, -0.05) is 37.3 Å². The number of hydrogen-bond acceptors (Lipinski definition) is 5. The Morgan fingerprint density at radius 3 is 2.52 bits per heavy atom. The lowest BCUT2D eigenvalue weighted by atomic mass is 9.92. The number of piperidine rings is 1. The van der Waals surface area contributed by atoms with Crippen LogP contribution in [0.25, 0.3) is 0 Å². The van der Waals surface area contributed by atoms with Crippen molar-refractivity contribution in [3.63, 3.8) is 0 Å². The second-order valence-corrected chi connectivity index (χ2v) is 7.26. The quantitative estimate of drug-likeness (QED) is 0.613.